The number of carbonyl (C=O) groups is 3. The zero-order valence-electron chi connectivity index (χ0n) is 25.8. The number of nitrogens with two attached hydrogens (primary N) is 1. The molecule has 0 unspecified atom stereocenters. The van der Waals surface area contributed by atoms with Crippen LogP contribution in [0.5, 0.6) is 0 Å². The number of piperidine rings is 2. The molecule has 4 N–H and O–H groups in total. The third-order valence-corrected chi connectivity index (χ3v) is 10.4. The van der Waals surface area contributed by atoms with E-state index in [1.807, 2.05) is 46.2 Å². The number of nitrogen functional groups attached to an aromatic ring is 1. The van der Waals surface area contributed by atoms with Crippen molar-refractivity contribution < 1.29 is 19.1 Å². The highest BCUT2D eigenvalue weighted by molar-refractivity contribution is 9.10. The van der Waals surface area contributed by atoms with E-state index in [-0.39, 0.29) is 31.8 Å². The molecule has 6 rings (SSSR count). The van der Waals surface area contributed by atoms with Gasteiger partial charge in [0.1, 0.15) is 0 Å². The summed E-state index contributed by atoms with van der Waals surface area (Å²) >= 11 is 3.48. The molecule has 0 aliphatic carbocycles. The molecule has 12 heteroatoms. The van der Waals surface area contributed by atoms with Crippen molar-refractivity contribution in [2.24, 2.45) is 0 Å². The van der Waals surface area contributed by atoms with E-state index in [1.54, 1.807) is 11.0 Å². The normalized spacial score (nSPS) is 20.6. The predicted molar refractivity (Wildman–Crippen MR) is 184 cm³/mol. The minimum Gasteiger partial charge on any atom is -0.436 e. The number of anilines is 2. The van der Waals surface area contributed by atoms with E-state index in [9.17, 15) is 14.4 Å². The van der Waals surface area contributed by atoms with Gasteiger partial charge in [0.05, 0.1) is 0 Å². The first-order chi connectivity index (χ1) is 21.9. The Morgan fingerprint density at radius 2 is 1.63 bits per heavy atom. The molecule has 0 bridgehead atoms. The average Bonchev–Trinajstić information content (AvgIpc) is 3.24. The minimum atomic E-state index is -0.939. The van der Waals surface area contributed by atoms with E-state index in [1.165, 1.54) is 0 Å². The number of amides is 4. The number of piperazine rings is 1. The molecule has 1 atom stereocenters. The van der Waals surface area contributed by atoms with Gasteiger partial charge in [-0.3, -0.25) is 9.69 Å². The molecular formula is C34H48BrN7O4. The quantitative estimate of drug-likeness (QED) is 0.388. The van der Waals surface area contributed by atoms with Crippen LogP contribution in [0.1, 0.15) is 44.2 Å². The smallest absolute Gasteiger partial charge is 0.410 e. The summed E-state index contributed by atoms with van der Waals surface area (Å²) < 4.78 is 6.77. The maximum absolute atomic E-state index is 13.9. The predicted octanol–water partition coefficient (Wildman–Crippen LogP) is 4.17. The summed E-state index contributed by atoms with van der Waals surface area (Å²) in [6.07, 6.45) is 3.20. The molecule has 0 spiro atoms. The van der Waals surface area contributed by atoms with Gasteiger partial charge < -0.3 is 35.8 Å². The van der Waals surface area contributed by atoms with Crippen LogP contribution in [0.2, 0.25) is 0 Å². The lowest BCUT2D eigenvalue weighted by molar-refractivity contribution is -0.143. The summed E-state index contributed by atoms with van der Waals surface area (Å²) in [5, 5.41) is 6.47. The van der Waals surface area contributed by atoms with Gasteiger partial charge in [0, 0.05) is 80.2 Å². The van der Waals surface area contributed by atoms with Crippen LogP contribution in [-0.2, 0) is 22.4 Å². The molecule has 2 aromatic carbocycles. The Kier molecular flexibility index (Phi) is 11.5. The Labute approximate surface area is 280 Å². The fraction of sp³-hybridized carbons (Fsp3) is 0.559. The van der Waals surface area contributed by atoms with E-state index < -0.39 is 12.2 Å². The van der Waals surface area contributed by atoms with Crippen LogP contribution in [0.4, 0.5) is 21.0 Å². The number of hydrogen-bond donors (Lipinski definition) is 3. The van der Waals surface area contributed by atoms with E-state index in [0.29, 0.717) is 57.3 Å². The van der Waals surface area contributed by atoms with Crippen molar-refractivity contribution in [2.75, 3.05) is 70.0 Å². The number of nitrogens with one attached hydrogen (secondary N) is 2. The van der Waals surface area contributed by atoms with E-state index >= 15 is 0 Å². The number of benzene rings is 2. The van der Waals surface area contributed by atoms with Crippen molar-refractivity contribution in [1.82, 2.24) is 24.9 Å². The largest absolute Gasteiger partial charge is 0.436 e. The first-order valence-corrected chi connectivity index (χ1v) is 17.0. The maximum Gasteiger partial charge on any atom is 0.410 e. The molecule has 250 valence electrons. The lowest BCUT2D eigenvalue weighted by Crippen LogP contribution is -2.56. The van der Waals surface area contributed by atoms with Crippen LogP contribution in [-0.4, -0.2) is 115 Å². The molecule has 11 nitrogen and oxygen atoms in total. The first-order valence-electron chi connectivity index (χ1n) is 16.2. The van der Waals surface area contributed by atoms with Crippen molar-refractivity contribution in [1.29, 1.82) is 0 Å². The number of rotatable bonds is 6. The van der Waals surface area contributed by atoms with Crippen LogP contribution in [0.3, 0.4) is 0 Å². The number of likely N-dealkylation sites (tertiary alicyclic amines) is 1. The molecule has 4 aliphatic rings. The second-order valence-corrected chi connectivity index (χ2v) is 13.4. The van der Waals surface area contributed by atoms with E-state index in [4.69, 9.17) is 10.5 Å². The fourth-order valence-corrected chi connectivity index (χ4v) is 7.49. The molecule has 3 fully saturated rings. The minimum absolute atomic E-state index is 0. The topological polar surface area (TPSA) is 123 Å². The molecule has 3 saturated heterocycles. The maximum atomic E-state index is 13.9. The highest BCUT2D eigenvalue weighted by Gasteiger charge is 2.36. The number of ether oxygens (including phenoxy) is 1. The number of para-hydroxylation sites is 1. The van der Waals surface area contributed by atoms with Gasteiger partial charge >= 0.3 is 12.1 Å². The summed E-state index contributed by atoms with van der Waals surface area (Å²) in [6, 6.07) is 13.9. The van der Waals surface area contributed by atoms with Crippen LogP contribution in [0, 0.1) is 0 Å². The zero-order chi connectivity index (χ0) is 31.3. The SMILES string of the molecule is C.Nc1ccc(C[C@@H](OC(=O)N2CCC(N3CCc4ccccc4NC3=O)CC2)C(=O)N2CCN(C3CCNCC3)CC2)cc1Br. The summed E-state index contributed by atoms with van der Waals surface area (Å²) in [4.78, 5) is 48.4. The highest BCUT2D eigenvalue weighted by Crippen LogP contribution is 2.26. The van der Waals surface area contributed by atoms with Crippen LogP contribution in [0.25, 0.3) is 0 Å². The van der Waals surface area contributed by atoms with Gasteiger partial charge in [-0.2, -0.15) is 0 Å². The van der Waals surface area contributed by atoms with Gasteiger partial charge in [-0.05, 0) is 90.4 Å². The molecule has 46 heavy (non-hydrogen) atoms. The summed E-state index contributed by atoms with van der Waals surface area (Å²) in [6.45, 7) is 6.53. The van der Waals surface area contributed by atoms with E-state index in [2.05, 4.69) is 31.5 Å². The Morgan fingerprint density at radius 1 is 0.913 bits per heavy atom. The van der Waals surface area contributed by atoms with Crippen molar-refractivity contribution in [3.63, 3.8) is 0 Å². The number of carbonyl (C=O) groups excluding carboxylic acids is 3. The van der Waals surface area contributed by atoms with Gasteiger partial charge in [-0.1, -0.05) is 31.7 Å². The number of urea groups is 1. The zero-order valence-corrected chi connectivity index (χ0v) is 27.3. The summed E-state index contributed by atoms with van der Waals surface area (Å²) in [7, 11) is 0. The Bertz CT molecular complexity index is 1370. The van der Waals surface area contributed by atoms with Crippen LogP contribution < -0.4 is 16.4 Å². The van der Waals surface area contributed by atoms with Crippen LogP contribution >= 0.6 is 15.9 Å². The van der Waals surface area contributed by atoms with Crippen LogP contribution in [0.15, 0.2) is 46.9 Å². The number of nitrogens with zero attached hydrogens (tertiary/aromatic N) is 4. The lowest BCUT2D eigenvalue weighted by atomic mass is 10.0. The van der Waals surface area contributed by atoms with Gasteiger partial charge in [-0.15, -0.1) is 0 Å². The monoisotopic (exact) mass is 697 g/mol. The van der Waals surface area contributed by atoms with Gasteiger partial charge in [0.15, 0.2) is 6.10 Å². The third-order valence-electron chi connectivity index (χ3n) is 9.76. The Balaban J connectivity index is 0.00000417. The standard InChI is InChI=1S/C33H44BrN7O4.CH4/c34-27-21-23(5-6-28(27)35)22-30(31(42)39-19-17-38(18-20-39)25-7-12-36-13-8-25)45-33(44)40-14-10-26(11-15-40)41-16-9-24-3-1-2-4-29(24)37-32(41)43;/h1-6,21,25-26,30,36H,7-20,22,35H2,(H,37,43);1H4/t30-;/m1./s1. The molecule has 4 heterocycles. The highest BCUT2D eigenvalue weighted by atomic mass is 79.9. The average molecular weight is 699 g/mol. The molecule has 4 amide bonds. The van der Waals surface area contributed by atoms with Crippen molar-refractivity contribution in [3.05, 3.63) is 58.1 Å². The van der Waals surface area contributed by atoms with Crippen molar-refractivity contribution in [3.8, 4) is 0 Å². The molecule has 0 aromatic heterocycles. The number of halogens is 1. The van der Waals surface area contributed by atoms with Crippen molar-refractivity contribution in [2.45, 2.75) is 64.1 Å². The Hall–Kier alpha value is -3.35. The van der Waals surface area contributed by atoms with Crippen molar-refractivity contribution >= 4 is 45.3 Å². The molecule has 0 saturated carbocycles. The fourth-order valence-electron chi connectivity index (χ4n) is 7.07. The first kappa shape index (κ1) is 34.0. The van der Waals surface area contributed by atoms with Gasteiger partial charge in [-0.25, -0.2) is 9.59 Å². The summed E-state index contributed by atoms with van der Waals surface area (Å²) in [5.41, 5.74) is 9.47. The summed E-state index contributed by atoms with van der Waals surface area (Å²) in [5.74, 6) is -0.156. The molecule has 2 aromatic rings. The third kappa shape index (κ3) is 7.95. The second kappa shape index (κ2) is 15.5. The van der Waals surface area contributed by atoms with E-state index in [0.717, 1.165) is 66.7 Å². The second-order valence-electron chi connectivity index (χ2n) is 12.5. The Morgan fingerprint density at radius 3 is 2.35 bits per heavy atom. The molecule has 4 aliphatic heterocycles. The molecular weight excluding hydrogens is 650 g/mol. The number of fused-ring (bicyclic) bond motifs is 1. The van der Waals surface area contributed by atoms with Gasteiger partial charge in [0.2, 0.25) is 0 Å². The molecule has 0 radical (unpaired) electrons. The number of hydrogen-bond acceptors (Lipinski definition) is 7. The van der Waals surface area contributed by atoms with Gasteiger partial charge in [0.25, 0.3) is 5.91 Å². The lowest BCUT2D eigenvalue weighted by Gasteiger charge is -2.41.